The largest absolute Gasteiger partial charge is 0.409 e. The van der Waals surface area contributed by atoms with Gasteiger partial charge in [0.15, 0.2) is 5.84 Å². The van der Waals surface area contributed by atoms with Crippen LogP contribution in [0.25, 0.3) is 0 Å². The van der Waals surface area contributed by atoms with Gasteiger partial charge in [-0.15, -0.1) is 11.3 Å². The summed E-state index contributed by atoms with van der Waals surface area (Å²) in [6.45, 7) is 0. The zero-order valence-electron chi connectivity index (χ0n) is 12.0. The second-order valence-corrected chi connectivity index (χ2v) is 7.01. The number of aryl methyl sites for hydroxylation is 1. The number of amides is 1. The molecule has 2 aliphatic carbocycles. The monoisotopic (exact) mass is 307 g/mol. The van der Waals surface area contributed by atoms with E-state index in [0.29, 0.717) is 0 Å². The molecule has 3 rings (SSSR count). The van der Waals surface area contributed by atoms with E-state index in [1.807, 2.05) is 0 Å². The molecule has 1 saturated carbocycles. The highest BCUT2D eigenvalue weighted by Gasteiger charge is 2.41. The van der Waals surface area contributed by atoms with Crippen LogP contribution in [0.15, 0.2) is 16.6 Å². The number of hydrogen-bond acceptors (Lipinski definition) is 4. The third kappa shape index (κ3) is 2.52. The minimum Gasteiger partial charge on any atom is -0.409 e. The molecule has 0 aromatic carbocycles. The van der Waals surface area contributed by atoms with Gasteiger partial charge in [0.2, 0.25) is 5.91 Å². The third-order valence-corrected chi connectivity index (χ3v) is 5.78. The number of amidine groups is 1. The fourth-order valence-corrected chi connectivity index (χ4v) is 4.59. The van der Waals surface area contributed by atoms with Crippen molar-refractivity contribution < 1.29 is 10.0 Å². The van der Waals surface area contributed by atoms with E-state index in [0.717, 1.165) is 50.5 Å². The van der Waals surface area contributed by atoms with Gasteiger partial charge in [-0.25, -0.2) is 0 Å². The van der Waals surface area contributed by atoms with Crippen molar-refractivity contribution in [2.45, 2.75) is 56.4 Å². The average molecular weight is 307 g/mol. The highest BCUT2D eigenvalue weighted by atomic mass is 32.1. The van der Waals surface area contributed by atoms with Crippen molar-refractivity contribution in [3.8, 4) is 0 Å². The summed E-state index contributed by atoms with van der Waals surface area (Å²) >= 11 is 1.73. The maximum atomic E-state index is 12.7. The quantitative estimate of drug-likeness (QED) is 0.347. The zero-order chi connectivity index (χ0) is 14.9. The van der Waals surface area contributed by atoms with Crippen LogP contribution in [0.1, 0.15) is 54.9 Å². The Balaban J connectivity index is 1.81. The van der Waals surface area contributed by atoms with Crippen LogP contribution in [-0.4, -0.2) is 22.5 Å². The van der Waals surface area contributed by atoms with Crippen molar-refractivity contribution in [1.82, 2.24) is 5.32 Å². The average Bonchev–Trinajstić information content (AvgIpc) is 3.15. The first-order chi connectivity index (χ1) is 10.2. The molecule has 1 unspecified atom stereocenters. The van der Waals surface area contributed by atoms with Gasteiger partial charge in [-0.05, 0) is 49.1 Å². The predicted octanol–water partition coefficient (Wildman–Crippen LogP) is 2.34. The lowest BCUT2D eigenvalue weighted by atomic mass is 9.85. The number of rotatable bonds is 3. The fourth-order valence-electron chi connectivity index (χ4n) is 3.60. The van der Waals surface area contributed by atoms with Crippen LogP contribution in [0.3, 0.4) is 0 Å². The Morgan fingerprint density at radius 3 is 2.90 bits per heavy atom. The van der Waals surface area contributed by atoms with Gasteiger partial charge in [0, 0.05) is 4.88 Å². The molecule has 5 nitrogen and oxygen atoms in total. The summed E-state index contributed by atoms with van der Waals surface area (Å²) < 4.78 is 0. The van der Waals surface area contributed by atoms with Gasteiger partial charge < -0.3 is 16.3 Å². The number of hydrogen-bond donors (Lipinski definition) is 3. The maximum Gasteiger partial charge on any atom is 0.228 e. The molecule has 0 bridgehead atoms. The van der Waals surface area contributed by atoms with Gasteiger partial charge in [-0.2, -0.15) is 0 Å². The summed E-state index contributed by atoms with van der Waals surface area (Å²) in [6.07, 6.45) is 6.47. The summed E-state index contributed by atoms with van der Waals surface area (Å²) in [4.78, 5) is 14.1. The topological polar surface area (TPSA) is 87.7 Å². The molecule has 6 heteroatoms. The highest BCUT2D eigenvalue weighted by Crippen LogP contribution is 2.37. The molecular weight excluding hydrogens is 286 g/mol. The third-order valence-electron chi connectivity index (χ3n) is 4.79. The van der Waals surface area contributed by atoms with Crippen LogP contribution in [0.4, 0.5) is 0 Å². The Kier molecular flexibility index (Phi) is 3.89. The summed E-state index contributed by atoms with van der Waals surface area (Å²) in [5.41, 5.74) is 6.36. The second kappa shape index (κ2) is 5.67. The number of nitrogens with one attached hydrogen (secondary N) is 1. The van der Waals surface area contributed by atoms with E-state index in [1.54, 1.807) is 11.3 Å². The van der Waals surface area contributed by atoms with Gasteiger partial charge >= 0.3 is 0 Å². The Labute approximate surface area is 128 Å². The molecule has 1 atom stereocenters. The molecule has 1 aromatic rings. The van der Waals surface area contributed by atoms with E-state index in [9.17, 15) is 4.79 Å². The van der Waals surface area contributed by atoms with Crippen LogP contribution in [-0.2, 0) is 11.2 Å². The van der Waals surface area contributed by atoms with Gasteiger partial charge in [0.05, 0.1) is 5.92 Å². The molecule has 0 radical (unpaired) electrons. The number of carbonyl (C=O) groups excluding carboxylic acids is 1. The molecule has 0 spiro atoms. The predicted molar refractivity (Wildman–Crippen MR) is 82.7 cm³/mol. The number of fused-ring (bicyclic) bond motifs is 1. The lowest BCUT2D eigenvalue weighted by Gasteiger charge is -2.32. The number of nitrogens with zero attached hydrogens (tertiary/aromatic N) is 1. The lowest BCUT2D eigenvalue weighted by Crippen LogP contribution is -2.56. The summed E-state index contributed by atoms with van der Waals surface area (Å²) in [5.74, 6) is 0.0570. The molecule has 2 aliphatic rings. The molecular formula is C15H21N3O2S. The van der Waals surface area contributed by atoms with Crippen molar-refractivity contribution in [2.24, 2.45) is 10.9 Å². The normalized spacial score (nSPS) is 24.6. The van der Waals surface area contributed by atoms with Gasteiger partial charge in [-0.1, -0.05) is 18.0 Å². The Morgan fingerprint density at radius 1 is 1.43 bits per heavy atom. The van der Waals surface area contributed by atoms with Gasteiger partial charge in [0.1, 0.15) is 5.54 Å². The molecule has 1 fully saturated rings. The molecule has 1 amide bonds. The first-order valence-corrected chi connectivity index (χ1v) is 8.40. The van der Waals surface area contributed by atoms with Crippen LogP contribution in [0.5, 0.6) is 0 Å². The van der Waals surface area contributed by atoms with E-state index < -0.39 is 5.54 Å². The Hall–Kier alpha value is -1.56. The summed E-state index contributed by atoms with van der Waals surface area (Å²) in [7, 11) is 0. The maximum absolute atomic E-state index is 12.7. The zero-order valence-corrected chi connectivity index (χ0v) is 12.8. The second-order valence-electron chi connectivity index (χ2n) is 6.01. The van der Waals surface area contributed by atoms with E-state index in [-0.39, 0.29) is 17.7 Å². The SMILES string of the molecule is N/C(=N/O)C1(NC(=O)C2CCCc3sccc32)CCCC1. The summed E-state index contributed by atoms with van der Waals surface area (Å²) in [6, 6.07) is 2.06. The Bertz CT molecular complexity index is 561. The van der Waals surface area contributed by atoms with Crippen LogP contribution in [0.2, 0.25) is 0 Å². The molecule has 0 aliphatic heterocycles. The fraction of sp³-hybridized carbons (Fsp3) is 0.600. The smallest absolute Gasteiger partial charge is 0.228 e. The van der Waals surface area contributed by atoms with Gasteiger partial charge in [-0.3, -0.25) is 4.79 Å². The first kappa shape index (κ1) is 14.4. The van der Waals surface area contributed by atoms with Crippen molar-refractivity contribution >= 4 is 23.1 Å². The number of nitrogens with two attached hydrogens (primary N) is 1. The van der Waals surface area contributed by atoms with Crippen molar-refractivity contribution in [3.05, 3.63) is 21.9 Å². The van der Waals surface area contributed by atoms with Gasteiger partial charge in [0.25, 0.3) is 0 Å². The number of carbonyl (C=O) groups is 1. The molecule has 0 saturated heterocycles. The molecule has 4 N–H and O–H groups in total. The van der Waals surface area contributed by atoms with E-state index in [1.165, 1.54) is 4.88 Å². The molecule has 21 heavy (non-hydrogen) atoms. The number of thiophene rings is 1. The van der Waals surface area contributed by atoms with Crippen LogP contribution >= 0.6 is 11.3 Å². The van der Waals surface area contributed by atoms with E-state index >= 15 is 0 Å². The van der Waals surface area contributed by atoms with Crippen molar-refractivity contribution in [1.29, 1.82) is 0 Å². The number of oxime groups is 1. The van der Waals surface area contributed by atoms with E-state index in [4.69, 9.17) is 10.9 Å². The Morgan fingerprint density at radius 2 is 2.19 bits per heavy atom. The summed E-state index contributed by atoms with van der Waals surface area (Å²) in [5, 5.41) is 17.3. The molecule has 1 heterocycles. The standard InChI is InChI=1S/C15H21N3O2S/c16-14(18-20)15(7-1-2-8-15)17-13(19)11-4-3-5-12-10(11)6-9-21-12/h6,9,11,20H,1-5,7-8H2,(H2,16,18)(H,17,19). The highest BCUT2D eigenvalue weighted by molar-refractivity contribution is 7.10. The minimum absolute atomic E-state index is 0.0165. The van der Waals surface area contributed by atoms with E-state index in [2.05, 4.69) is 21.9 Å². The van der Waals surface area contributed by atoms with Crippen LogP contribution in [0, 0.1) is 0 Å². The molecule has 1 aromatic heterocycles. The van der Waals surface area contributed by atoms with Crippen molar-refractivity contribution in [2.75, 3.05) is 0 Å². The van der Waals surface area contributed by atoms with Crippen molar-refractivity contribution in [3.63, 3.8) is 0 Å². The lowest BCUT2D eigenvalue weighted by molar-refractivity contribution is -0.124. The molecule has 114 valence electrons. The van der Waals surface area contributed by atoms with Crippen LogP contribution < -0.4 is 11.1 Å². The minimum atomic E-state index is -0.653. The first-order valence-electron chi connectivity index (χ1n) is 7.52.